The smallest absolute Gasteiger partial charge is 0.0540 e. The lowest BCUT2D eigenvalue weighted by Crippen LogP contribution is -2.12. The largest absolute Gasteiger partial charge is 0.310 e. The van der Waals surface area contributed by atoms with E-state index >= 15 is 0 Å². The Morgan fingerprint density at radius 2 is 0.640 bits per heavy atom. The predicted molar refractivity (Wildman–Crippen MR) is 383 cm³/mol. The van der Waals surface area contributed by atoms with Crippen molar-refractivity contribution < 1.29 is 0 Å². The van der Waals surface area contributed by atoms with Gasteiger partial charge in [-0.15, -0.1) is 11.3 Å². The summed E-state index contributed by atoms with van der Waals surface area (Å²) in [5.74, 6) is 0. The fraction of sp³-hybridized carbons (Fsp3) is 0. The molecule has 3 heteroatoms. The molecule has 1 aromatic heterocycles. The first-order valence-electron chi connectivity index (χ1n) is 30.5. The summed E-state index contributed by atoms with van der Waals surface area (Å²) in [6, 6.07) is 125. The molecule has 0 aliphatic heterocycles. The van der Waals surface area contributed by atoms with Crippen molar-refractivity contribution in [3.63, 3.8) is 0 Å². The van der Waals surface area contributed by atoms with Crippen LogP contribution in [0.1, 0.15) is 0 Å². The highest BCUT2D eigenvalue weighted by Gasteiger charge is 2.22. The monoisotopic (exact) mass is 1150 g/mol. The molecule has 0 N–H and O–H groups in total. The van der Waals surface area contributed by atoms with Crippen LogP contribution in [-0.4, -0.2) is 0 Å². The normalized spacial score (nSPS) is 11.6. The predicted octanol–water partition coefficient (Wildman–Crippen LogP) is 25.1. The van der Waals surface area contributed by atoms with Gasteiger partial charge in [0.25, 0.3) is 0 Å². The summed E-state index contributed by atoms with van der Waals surface area (Å²) in [6.07, 6.45) is 0. The average Bonchev–Trinajstić information content (AvgIpc) is 2.50. The molecule has 2 nitrogen and oxygen atoms in total. The Labute approximate surface area is 521 Å². The van der Waals surface area contributed by atoms with Crippen molar-refractivity contribution in [2.45, 2.75) is 0 Å². The van der Waals surface area contributed by atoms with Crippen molar-refractivity contribution in [1.29, 1.82) is 0 Å². The number of benzene rings is 16. The van der Waals surface area contributed by atoms with Crippen molar-refractivity contribution in [2.75, 3.05) is 9.80 Å². The maximum Gasteiger partial charge on any atom is 0.0540 e. The molecule has 0 aliphatic rings. The SMILES string of the molecule is c1cc(-c2ccccc2N(c2cccc(-c3ccc4ccccc4c3)c2)c2ccc3c(ccc4ccccc43)c2)cc(N(c2ccc(-c3ccc(-c4cccc5ccccc45)cc3)cc2)c2ccc(-c3ccc4c(c3)sc3ccc5ccccc5c34)cc2)c1. The van der Waals surface area contributed by atoms with Crippen molar-refractivity contribution in [3.8, 4) is 55.6 Å². The number of nitrogens with zero attached hydrogens (tertiary/aromatic N) is 2. The van der Waals surface area contributed by atoms with Crippen LogP contribution in [0.15, 0.2) is 340 Å². The number of anilines is 6. The quantitative estimate of drug-likeness (QED) is 0.119. The molecule has 0 aliphatic carbocycles. The number of thiophene rings is 1. The van der Waals surface area contributed by atoms with Crippen LogP contribution in [0.25, 0.3) is 130 Å². The molecular weight excluding hydrogens is 1090 g/mol. The molecule has 0 fully saturated rings. The topological polar surface area (TPSA) is 6.48 Å². The van der Waals surface area contributed by atoms with Gasteiger partial charge in [0.05, 0.1) is 5.69 Å². The minimum atomic E-state index is 1.05. The van der Waals surface area contributed by atoms with E-state index in [0.29, 0.717) is 0 Å². The molecule has 1 heterocycles. The molecule has 0 bridgehead atoms. The average molecular weight is 1150 g/mol. The highest BCUT2D eigenvalue weighted by molar-refractivity contribution is 7.26. The summed E-state index contributed by atoms with van der Waals surface area (Å²) in [5, 5.41) is 15.1. The molecule has 416 valence electrons. The van der Waals surface area contributed by atoms with Crippen LogP contribution < -0.4 is 9.80 Å². The van der Waals surface area contributed by atoms with E-state index < -0.39 is 0 Å². The highest BCUT2D eigenvalue weighted by atomic mass is 32.1. The van der Waals surface area contributed by atoms with Crippen LogP contribution in [0.4, 0.5) is 34.1 Å². The number of fused-ring (bicyclic) bond motifs is 10. The Morgan fingerprint density at radius 1 is 0.191 bits per heavy atom. The van der Waals surface area contributed by atoms with Gasteiger partial charge in [-0.2, -0.15) is 0 Å². The van der Waals surface area contributed by atoms with Crippen LogP contribution in [0.5, 0.6) is 0 Å². The van der Waals surface area contributed by atoms with Crippen molar-refractivity contribution in [3.05, 3.63) is 340 Å². The third-order valence-electron chi connectivity index (χ3n) is 18.0. The molecule has 89 heavy (non-hydrogen) atoms. The Hall–Kier alpha value is -11.4. The Kier molecular flexibility index (Phi) is 12.8. The second-order valence-electron chi connectivity index (χ2n) is 23.2. The highest BCUT2D eigenvalue weighted by Crippen LogP contribution is 2.47. The molecular formula is C86H56N2S. The zero-order chi connectivity index (χ0) is 58.8. The van der Waals surface area contributed by atoms with E-state index in [0.717, 1.165) is 56.4 Å². The van der Waals surface area contributed by atoms with Gasteiger partial charge in [-0.25, -0.2) is 0 Å². The van der Waals surface area contributed by atoms with Crippen LogP contribution in [0.3, 0.4) is 0 Å². The molecule has 17 aromatic rings. The van der Waals surface area contributed by atoms with E-state index in [1.165, 1.54) is 107 Å². The minimum Gasteiger partial charge on any atom is -0.310 e. The van der Waals surface area contributed by atoms with Gasteiger partial charge in [-0.3, -0.25) is 0 Å². The molecule has 0 saturated carbocycles. The van der Waals surface area contributed by atoms with Crippen LogP contribution in [0, 0.1) is 0 Å². The number of rotatable bonds is 11. The lowest BCUT2D eigenvalue weighted by molar-refractivity contribution is 1.28. The maximum absolute atomic E-state index is 2.45. The summed E-state index contributed by atoms with van der Waals surface area (Å²) in [4.78, 5) is 4.85. The summed E-state index contributed by atoms with van der Waals surface area (Å²) >= 11 is 1.88. The molecule has 0 spiro atoms. The molecule has 0 amide bonds. The van der Waals surface area contributed by atoms with Crippen molar-refractivity contribution in [1.82, 2.24) is 0 Å². The van der Waals surface area contributed by atoms with Crippen LogP contribution in [0.2, 0.25) is 0 Å². The van der Waals surface area contributed by atoms with Gasteiger partial charge < -0.3 is 9.80 Å². The zero-order valence-electron chi connectivity index (χ0n) is 48.6. The minimum absolute atomic E-state index is 1.05. The van der Waals surface area contributed by atoms with E-state index in [4.69, 9.17) is 0 Å². The van der Waals surface area contributed by atoms with Gasteiger partial charge in [0.15, 0.2) is 0 Å². The standard InChI is InChI=1S/C86H56N2S/c1-2-18-65-52-67(36-32-57(65)14-1)66-20-11-23-74(53-66)88(75-48-50-79-70(55-75)37-35-62-16-4-7-25-77(62)79)83-29-10-9-26-80(83)69-21-12-22-73(54-69)87(71-44-38-59(39-45-71)58-30-33-64(34-31-58)78-28-13-19-61-15-3-6-24-76(61)78)72-46-40-60(41-47-72)68-42-49-82-85(56-68)89-84-51-43-63-17-5-8-27-81(63)86(82)84/h1-56H. The lowest BCUT2D eigenvalue weighted by atomic mass is 9.96. The van der Waals surface area contributed by atoms with E-state index in [1.807, 2.05) is 11.3 Å². The van der Waals surface area contributed by atoms with Crippen LogP contribution >= 0.6 is 11.3 Å². The Balaban J connectivity index is 0.774. The van der Waals surface area contributed by atoms with Gasteiger partial charge in [0, 0.05) is 54.2 Å². The van der Waals surface area contributed by atoms with Gasteiger partial charge in [-0.1, -0.05) is 255 Å². The first-order valence-corrected chi connectivity index (χ1v) is 31.3. The lowest BCUT2D eigenvalue weighted by Gasteiger charge is -2.29. The summed E-state index contributed by atoms with van der Waals surface area (Å²) in [7, 11) is 0. The molecule has 16 aromatic carbocycles. The second kappa shape index (κ2) is 21.9. The second-order valence-corrected chi connectivity index (χ2v) is 24.3. The molecule has 0 unspecified atom stereocenters. The van der Waals surface area contributed by atoms with Gasteiger partial charge in [-0.05, 0) is 189 Å². The van der Waals surface area contributed by atoms with Gasteiger partial charge >= 0.3 is 0 Å². The third-order valence-corrected chi connectivity index (χ3v) is 19.1. The zero-order valence-corrected chi connectivity index (χ0v) is 49.5. The third kappa shape index (κ3) is 9.44. The van der Waals surface area contributed by atoms with E-state index in [-0.39, 0.29) is 0 Å². The van der Waals surface area contributed by atoms with Gasteiger partial charge in [0.2, 0.25) is 0 Å². The fourth-order valence-corrected chi connectivity index (χ4v) is 14.7. The molecule has 17 rings (SSSR count). The van der Waals surface area contributed by atoms with Gasteiger partial charge in [0.1, 0.15) is 0 Å². The van der Waals surface area contributed by atoms with E-state index in [9.17, 15) is 0 Å². The van der Waals surface area contributed by atoms with Crippen LogP contribution in [-0.2, 0) is 0 Å². The number of hydrogen-bond acceptors (Lipinski definition) is 3. The molecule has 0 radical (unpaired) electrons. The van der Waals surface area contributed by atoms with Crippen molar-refractivity contribution in [2.24, 2.45) is 0 Å². The summed E-state index contributed by atoms with van der Waals surface area (Å²) < 4.78 is 2.61. The van der Waals surface area contributed by atoms with Crippen molar-refractivity contribution >= 4 is 119 Å². The first-order chi connectivity index (χ1) is 44.1. The Morgan fingerprint density at radius 3 is 1.42 bits per heavy atom. The molecule has 0 saturated heterocycles. The summed E-state index contributed by atoms with van der Waals surface area (Å²) in [5.41, 5.74) is 18.1. The number of para-hydroxylation sites is 1. The fourth-order valence-electron chi connectivity index (χ4n) is 13.6. The Bertz CT molecular complexity index is 5560. The number of hydrogen-bond donors (Lipinski definition) is 0. The summed E-state index contributed by atoms with van der Waals surface area (Å²) in [6.45, 7) is 0. The first kappa shape index (κ1) is 52.0. The van der Waals surface area contributed by atoms with E-state index in [2.05, 4.69) is 350 Å². The maximum atomic E-state index is 2.45. The van der Waals surface area contributed by atoms with E-state index in [1.54, 1.807) is 0 Å². The molecule has 0 atom stereocenters.